The Labute approximate surface area is 188 Å². The van der Waals surface area contributed by atoms with Gasteiger partial charge in [-0.2, -0.15) is 0 Å². The molecular formula is C25H28N2O5. The van der Waals surface area contributed by atoms with E-state index in [-0.39, 0.29) is 0 Å². The number of pyridine rings is 1. The number of methoxy groups -OCH3 is 3. The molecule has 168 valence electrons. The fraction of sp³-hybridized carbons (Fsp3) is 0.320. The molecule has 0 amide bonds. The Morgan fingerprint density at radius 2 is 1.81 bits per heavy atom. The minimum Gasteiger partial charge on any atom is -0.496 e. The van der Waals surface area contributed by atoms with E-state index in [9.17, 15) is 5.11 Å². The highest BCUT2D eigenvalue weighted by atomic mass is 16.5. The van der Waals surface area contributed by atoms with E-state index < -0.39 is 6.10 Å². The molecule has 1 N–H and O–H groups in total. The lowest BCUT2D eigenvalue weighted by Crippen LogP contribution is -2.25. The zero-order valence-electron chi connectivity index (χ0n) is 18.6. The molecule has 4 rings (SSSR count). The van der Waals surface area contributed by atoms with Crippen LogP contribution in [0.2, 0.25) is 0 Å². The van der Waals surface area contributed by atoms with Crippen LogP contribution >= 0.6 is 0 Å². The van der Waals surface area contributed by atoms with E-state index in [2.05, 4.69) is 9.88 Å². The van der Waals surface area contributed by atoms with Gasteiger partial charge in [0.1, 0.15) is 35.7 Å². The number of nitrogens with zero attached hydrogens (tertiary/aromatic N) is 2. The summed E-state index contributed by atoms with van der Waals surface area (Å²) in [6, 6.07) is 13.3. The quantitative estimate of drug-likeness (QED) is 0.607. The van der Waals surface area contributed by atoms with Gasteiger partial charge < -0.3 is 24.1 Å². The molecule has 1 aliphatic heterocycles. The second-order valence-electron chi connectivity index (χ2n) is 7.63. The monoisotopic (exact) mass is 436 g/mol. The van der Waals surface area contributed by atoms with Crippen molar-refractivity contribution >= 4 is 0 Å². The van der Waals surface area contributed by atoms with Crippen molar-refractivity contribution in [2.75, 3.05) is 34.5 Å². The maximum atomic E-state index is 10.8. The van der Waals surface area contributed by atoms with E-state index in [0.29, 0.717) is 36.9 Å². The molecule has 0 bridgehead atoms. The zero-order valence-corrected chi connectivity index (χ0v) is 18.6. The molecule has 1 atom stereocenters. The molecule has 32 heavy (non-hydrogen) atoms. The summed E-state index contributed by atoms with van der Waals surface area (Å²) in [6.45, 7) is 2.60. The number of aromatic nitrogens is 1. The molecule has 1 aliphatic rings. The second-order valence-corrected chi connectivity index (χ2v) is 7.63. The molecule has 0 saturated carbocycles. The average Bonchev–Trinajstić information content (AvgIpc) is 3.05. The molecule has 7 heteroatoms. The molecule has 2 heterocycles. The van der Waals surface area contributed by atoms with Gasteiger partial charge in [-0.15, -0.1) is 0 Å². The van der Waals surface area contributed by atoms with Crippen LogP contribution in [0.25, 0.3) is 0 Å². The van der Waals surface area contributed by atoms with Crippen LogP contribution in [-0.4, -0.2) is 49.5 Å². The topological polar surface area (TPSA) is 73.3 Å². The number of fused-ring (bicyclic) bond motifs is 1. The highest BCUT2D eigenvalue weighted by Crippen LogP contribution is 2.36. The summed E-state index contributed by atoms with van der Waals surface area (Å²) in [5, 5.41) is 10.8. The summed E-state index contributed by atoms with van der Waals surface area (Å²) in [5.74, 6) is 2.95. The van der Waals surface area contributed by atoms with Crippen molar-refractivity contribution < 1.29 is 24.1 Å². The lowest BCUT2D eigenvalue weighted by atomic mass is 10.00. The van der Waals surface area contributed by atoms with Gasteiger partial charge in [-0.05, 0) is 23.8 Å². The maximum Gasteiger partial charge on any atom is 0.130 e. The van der Waals surface area contributed by atoms with Crippen molar-refractivity contribution in [3.05, 3.63) is 77.1 Å². The number of rotatable bonds is 7. The molecule has 0 fully saturated rings. The predicted octanol–water partition coefficient (Wildman–Crippen LogP) is 3.58. The lowest BCUT2D eigenvalue weighted by molar-refractivity contribution is 0.214. The summed E-state index contributed by atoms with van der Waals surface area (Å²) in [4.78, 5) is 6.39. The minimum absolute atomic E-state index is 0.568. The number of aliphatic hydroxyl groups excluding tert-OH is 1. The summed E-state index contributed by atoms with van der Waals surface area (Å²) in [7, 11) is 4.91. The van der Waals surface area contributed by atoms with E-state index in [1.807, 2.05) is 42.5 Å². The fourth-order valence-corrected chi connectivity index (χ4v) is 3.96. The average molecular weight is 437 g/mol. The van der Waals surface area contributed by atoms with Gasteiger partial charge in [-0.25, -0.2) is 0 Å². The fourth-order valence-electron chi connectivity index (χ4n) is 3.96. The lowest BCUT2D eigenvalue weighted by Gasteiger charge is -2.23. The van der Waals surface area contributed by atoms with Crippen molar-refractivity contribution in [3.63, 3.8) is 0 Å². The summed E-state index contributed by atoms with van der Waals surface area (Å²) >= 11 is 0. The van der Waals surface area contributed by atoms with E-state index in [0.717, 1.165) is 34.5 Å². The van der Waals surface area contributed by atoms with Crippen LogP contribution < -0.4 is 18.9 Å². The van der Waals surface area contributed by atoms with Crippen LogP contribution in [-0.2, 0) is 13.1 Å². The smallest absolute Gasteiger partial charge is 0.130 e. The van der Waals surface area contributed by atoms with Gasteiger partial charge >= 0.3 is 0 Å². The number of aliphatic hydroxyl groups is 1. The third-order valence-electron chi connectivity index (χ3n) is 5.66. The summed E-state index contributed by atoms with van der Waals surface area (Å²) < 4.78 is 22.6. The first-order valence-corrected chi connectivity index (χ1v) is 10.5. The highest BCUT2D eigenvalue weighted by molar-refractivity contribution is 5.51. The first-order chi connectivity index (χ1) is 15.6. The molecule has 0 saturated heterocycles. The Bertz CT molecular complexity index is 1030. The SMILES string of the molecule is COc1cc(OC)c(CN2CCOc3ccc(C(O)c4cccnc4)cc3C2)c(OC)c1. The first-order valence-electron chi connectivity index (χ1n) is 10.5. The predicted molar refractivity (Wildman–Crippen MR) is 120 cm³/mol. The van der Waals surface area contributed by atoms with Gasteiger partial charge in [-0.3, -0.25) is 9.88 Å². The number of hydrogen-bond donors (Lipinski definition) is 1. The molecule has 2 aromatic carbocycles. The van der Waals surface area contributed by atoms with Crippen LogP contribution in [0.15, 0.2) is 54.9 Å². The Hall–Kier alpha value is -3.29. The largest absolute Gasteiger partial charge is 0.496 e. The van der Waals surface area contributed by atoms with E-state index in [1.165, 1.54) is 0 Å². The molecule has 7 nitrogen and oxygen atoms in total. The number of hydrogen-bond acceptors (Lipinski definition) is 7. The molecule has 1 unspecified atom stereocenters. The molecule has 0 aliphatic carbocycles. The van der Waals surface area contributed by atoms with Crippen LogP contribution in [0.5, 0.6) is 23.0 Å². The van der Waals surface area contributed by atoms with Crippen LogP contribution in [0.3, 0.4) is 0 Å². The second kappa shape index (κ2) is 9.89. The van der Waals surface area contributed by atoms with Gasteiger partial charge in [-0.1, -0.05) is 12.1 Å². The van der Waals surface area contributed by atoms with Crippen LogP contribution in [0.1, 0.15) is 28.4 Å². The van der Waals surface area contributed by atoms with Crippen molar-refractivity contribution in [1.82, 2.24) is 9.88 Å². The Morgan fingerprint density at radius 3 is 2.47 bits per heavy atom. The number of ether oxygens (including phenoxy) is 4. The van der Waals surface area contributed by atoms with E-state index in [1.54, 1.807) is 33.7 Å². The van der Waals surface area contributed by atoms with Gasteiger partial charge in [0.15, 0.2) is 0 Å². The van der Waals surface area contributed by atoms with Crippen molar-refractivity contribution in [3.8, 4) is 23.0 Å². The number of benzene rings is 2. The minimum atomic E-state index is -0.743. The molecule has 0 spiro atoms. The third kappa shape index (κ3) is 4.64. The normalized spacial score (nSPS) is 14.6. The molecule has 1 aromatic heterocycles. The molecule has 0 radical (unpaired) electrons. The van der Waals surface area contributed by atoms with Gasteiger partial charge in [0.25, 0.3) is 0 Å². The van der Waals surface area contributed by atoms with Crippen LogP contribution in [0, 0.1) is 0 Å². The Balaban J connectivity index is 1.60. The highest BCUT2D eigenvalue weighted by Gasteiger charge is 2.22. The van der Waals surface area contributed by atoms with E-state index in [4.69, 9.17) is 18.9 Å². The standard InChI is InChI=1S/C25H28N2O5/c1-29-20-12-23(30-2)21(24(13-20)31-3)16-27-9-10-32-22-7-6-17(11-19(22)15-27)25(28)18-5-4-8-26-14-18/h4-8,11-14,25,28H,9-10,15-16H2,1-3H3. The first kappa shape index (κ1) is 21.9. The van der Waals surface area contributed by atoms with Gasteiger partial charge in [0.05, 0.1) is 26.9 Å². The Morgan fingerprint density at radius 1 is 1.03 bits per heavy atom. The summed E-state index contributed by atoms with van der Waals surface area (Å²) in [6.07, 6.45) is 2.63. The summed E-state index contributed by atoms with van der Waals surface area (Å²) in [5.41, 5.74) is 3.54. The van der Waals surface area contributed by atoms with Crippen molar-refractivity contribution in [2.45, 2.75) is 19.2 Å². The van der Waals surface area contributed by atoms with Crippen molar-refractivity contribution in [1.29, 1.82) is 0 Å². The Kier molecular flexibility index (Phi) is 6.78. The van der Waals surface area contributed by atoms with Crippen molar-refractivity contribution in [2.24, 2.45) is 0 Å². The van der Waals surface area contributed by atoms with E-state index >= 15 is 0 Å². The van der Waals surface area contributed by atoms with Gasteiger partial charge in [0.2, 0.25) is 0 Å². The van der Waals surface area contributed by atoms with Gasteiger partial charge in [0, 0.05) is 55.3 Å². The molecule has 3 aromatic rings. The molecular weight excluding hydrogens is 408 g/mol. The third-order valence-corrected chi connectivity index (χ3v) is 5.66. The van der Waals surface area contributed by atoms with Crippen LogP contribution in [0.4, 0.5) is 0 Å². The zero-order chi connectivity index (χ0) is 22.5. The maximum absolute atomic E-state index is 10.8.